The second-order valence-electron chi connectivity index (χ2n) is 4.79. The molecule has 0 bridgehead atoms. The van der Waals surface area contributed by atoms with Crippen molar-refractivity contribution in [2.45, 2.75) is 26.8 Å². The fourth-order valence-corrected chi connectivity index (χ4v) is 2.99. The lowest BCUT2D eigenvalue weighted by molar-refractivity contribution is 0.382. The Morgan fingerprint density at radius 1 is 1.30 bits per heavy atom. The van der Waals surface area contributed by atoms with E-state index in [2.05, 4.69) is 5.32 Å². The number of nitrogens with zero attached hydrogens (tertiary/aromatic N) is 2. The van der Waals surface area contributed by atoms with Gasteiger partial charge in [0.2, 0.25) is 0 Å². The average molecular weight is 303 g/mol. The zero-order valence-electron chi connectivity index (χ0n) is 12.7. The summed E-state index contributed by atoms with van der Waals surface area (Å²) in [5, 5.41) is 3.18. The van der Waals surface area contributed by atoms with E-state index in [9.17, 15) is 8.42 Å². The van der Waals surface area contributed by atoms with Gasteiger partial charge in [0, 0.05) is 32.7 Å². The molecule has 1 heterocycles. The molecule has 6 nitrogen and oxygen atoms in total. The van der Waals surface area contributed by atoms with Crippen LogP contribution in [0.25, 0.3) is 0 Å². The van der Waals surface area contributed by atoms with Crippen LogP contribution in [0.4, 0.5) is 0 Å². The largest absolute Gasteiger partial charge is 0.469 e. The summed E-state index contributed by atoms with van der Waals surface area (Å²) in [5.74, 6) is 0.752. The molecule has 0 aromatic carbocycles. The first-order valence-corrected chi connectivity index (χ1v) is 8.20. The third-order valence-corrected chi connectivity index (χ3v) is 5.11. The van der Waals surface area contributed by atoms with E-state index in [1.165, 1.54) is 8.61 Å². The van der Waals surface area contributed by atoms with Gasteiger partial charge >= 0.3 is 0 Å². The van der Waals surface area contributed by atoms with Gasteiger partial charge in [0.25, 0.3) is 10.2 Å². The molecule has 0 amide bonds. The van der Waals surface area contributed by atoms with E-state index in [-0.39, 0.29) is 0 Å². The Bertz CT molecular complexity index is 499. The van der Waals surface area contributed by atoms with Crippen molar-refractivity contribution in [2.75, 3.05) is 33.7 Å². The summed E-state index contributed by atoms with van der Waals surface area (Å²) in [6.45, 7) is 6.40. The highest BCUT2D eigenvalue weighted by Crippen LogP contribution is 2.14. The van der Waals surface area contributed by atoms with E-state index in [4.69, 9.17) is 4.42 Å². The highest BCUT2D eigenvalue weighted by molar-refractivity contribution is 7.86. The summed E-state index contributed by atoms with van der Waals surface area (Å²) in [6, 6.07) is 1.80. The van der Waals surface area contributed by atoms with Gasteiger partial charge in [-0.1, -0.05) is 6.92 Å². The molecule has 0 fully saturated rings. The van der Waals surface area contributed by atoms with E-state index < -0.39 is 10.2 Å². The minimum atomic E-state index is -3.42. The summed E-state index contributed by atoms with van der Waals surface area (Å²) < 4.78 is 32.6. The zero-order chi connectivity index (χ0) is 15.2. The Labute approximate surface area is 121 Å². The molecule has 0 aliphatic heterocycles. The molecule has 0 spiro atoms. The SMILES string of the molecule is CCNCCCN(C)S(=O)(=O)N(C)Cc1ccoc1C. The number of nitrogens with one attached hydrogen (secondary N) is 1. The Morgan fingerprint density at radius 3 is 2.55 bits per heavy atom. The van der Waals surface area contributed by atoms with Gasteiger partial charge in [0.05, 0.1) is 6.26 Å². The summed E-state index contributed by atoms with van der Waals surface area (Å²) in [7, 11) is -0.225. The summed E-state index contributed by atoms with van der Waals surface area (Å²) in [4.78, 5) is 0. The molecule has 0 aliphatic rings. The van der Waals surface area contributed by atoms with E-state index in [0.29, 0.717) is 13.1 Å². The normalized spacial score (nSPS) is 12.5. The van der Waals surface area contributed by atoms with Gasteiger partial charge in [-0.2, -0.15) is 17.0 Å². The van der Waals surface area contributed by atoms with Crippen LogP contribution in [0.5, 0.6) is 0 Å². The Balaban J connectivity index is 2.56. The topological polar surface area (TPSA) is 65.8 Å². The van der Waals surface area contributed by atoms with Gasteiger partial charge in [-0.05, 0) is 32.5 Å². The van der Waals surface area contributed by atoms with Gasteiger partial charge < -0.3 is 9.73 Å². The molecule has 116 valence electrons. The van der Waals surface area contributed by atoms with Crippen molar-refractivity contribution in [3.05, 3.63) is 23.7 Å². The number of furan rings is 1. The van der Waals surface area contributed by atoms with Gasteiger partial charge in [0.1, 0.15) is 5.76 Å². The van der Waals surface area contributed by atoms with Crippen molar-refractivity contribution in [3.63, 3.8) is 0 Å². The van der Waals surface area contributed by atoms with Crippen LogP contribution in [0.1, 0.15) is 24.7 Å². The summed E-state index contributed by atoms with van der Waals surface area (Å²) in [6.07, 6.45) is 2.37. The average Bonchev–Trinajstić information content (AvgIpc) is 2.80. The minimum absolute atomic E-state index is 0.322. The molecule has 0 radical (unpaired) electrons. The van der Waals surface area contributed by atoms with Gasteiger partial charge in [-0.3, -0.25) is 0 Å². The third-order valence-electron chi connectivity index (χ3n) is 3.22. The maximum absolute atomic E-state index is 12.3. The maximum Gasteiger partial charge on any atom is 0.281 e. The molecule has 20 heavy (non-hydrogen) atoms. The second-order valence-corrected chi connectivity index (χ2v) is 6.94. The number of hydrogen-bond acceptors (Lipinski definition) is 4. The van der Waals surface area contributed by atoms with Crippen molar-refractivity contribution >= 4 is 10.2 Å². The predicted octanol–water partition coefficient (Wildman–Crippen LogP) is 1.20. The zero-order valence-corrected chi connectivity index (χ0v) is 13.5. The van der Waals surface area contributed by atoms with Crippen LogP contribution in [-0.4, -0.2) is 50.8 Å². The van der Waals surface area contributed by atoms with Crippen molar-refractivity contribution in [1.29, 1.82) is 0 Å². The lowest BCUT2D eigenvalue weighted by Gasteiger charge is -2.24. The first-order chi connectivity index (χ1) is 9.39. The number of hydrogen-bond donors (Lipinski definition) is 1. The molecule has 1 aromatic heterocycles. The van der Waals surface area contributed by atoms with E-state index >= 15 is 0 Å². The second kappa shape index (κ2) is 7.78. The monoisotopic (exact) mass is 303 g/mol. The number of rotatable bonds is 9. The van der Waals surface area contributed by atoms with Crippen LogP contribution in [0.15, 0.2) is 16.7 Å². The Morgan fingerprint density at radius 2 is 2.00 bits per heavy atom. The smallest absolute Gasteiger partial charge is 0.281 e. The fourth-order valence-electron chi connectivity index (χ4n) is 1.85. The van der Waals surface area contributed by atoms with Crippen LogP contribution in [0.2, 0.25) is 0 Å². The van der Waals surface area contributed by atoms with Gasteiger partial charge in [-0.25, -0.2) is 0 Å². The molecular weight excluding hydrogens is 278 g/mol. The summed E-state index contributed by atoms with van der Waals surface area (Å²) in [5.41, 5.74) is 0.886. The van der Waals surface area contributed by atoms with Crippen LogP contribution < -0.4 is 5.32 Å². The summed E-state index contributed by atoms with van der Waals surface area (Å²) >= 11 is 0. The van der Waals surface area contributed by atoms with E-state index in [1.54, 1.807) is 26.4 Å². The molecule has 7 heteroatoms. The molecule has 0 atom stereocenters. The van der Waals surface area contributed by atoms with Crippen molar-refractivity contribution in [2.24, 2.45) is 0 Å². The lowest BCUT2D eigenvalue weighted by atomic mass is 10.3. The molecular formula is C13H25N3O3S. The lowest BCUT2D eigenvalue weighted by Crippen LogP contribution is -2.40. The Kier molecular flexibility index (Phi) is 6.67. The van der Waals surface area contributed by atoms with Gasteiger partial charge in [0.15, 0.2) is 0 Å². The van der Waals surface area contributed by atoms with Crippen LogP contribution >= 0.6 is 0 Å². The minimum Gasteiger partial charge on any atom is -0.469 e. The number of aryl methyl sites for hydroxylation is 1. The molecule has 0 unspecified atom stereocenters. The molecule has 1 N–H and O–H groups in total. The van der Waals surface area contributed by atoms with Crippen molar-refractivity contribution in [1.82, 2.24) is 13.9 Å². The first kappa shape index (κ1) is 17.2. The Hall–Kier alpha value is -0.890. The van der Waals surface area contributed by atoms with Crippen molar-refractivity contribution in [3.8, 4) is 0 Å². The van der Waals surface area contributed by atoms with E-state index in [0.717, 1.165) is 30.8 Å². The molecule has 0 saturated carbocycles. The fraction of sp³-hybridized carbons (Fsp3) is 0.692. The van der Waals surface area contributed by atoms with Crippen molar-refractivity contribution < 1.29 is 12.8 Å². The maximum atomic E-state index is 12.3. The molecule has 1 rings (SSSR count). The predicted molar refractivity (Wildman–Crippen MR) is 79.6 cm³/mol. The molecule has 0 aliphatic carbocycles. The van der Waals surface area contributed by atoms with Crippen LogP contribution in [-0.2, 0) is 16.8 Å². The van der Waals surface area contributed by atoms with Crippen LogP contribution in [0, 0.1) is 6.92 Å². The molecule has 0 saturated heterocycles. The third kappa shape index (κ3) is 4.59. The van der Waals surface area contributed by atoms with Crippen LogP contribution in [0.3, 0.4) is 0 Å². The van der Waals surface area contributed by atoms with E-state index in [1.807, 2.05) is 13.8 Å². The standard InChI is InChI=1S/C13H25N3O3S/c1-5-14-8-6-9-15(3)20(17,18)16(4)11-13-7-10-19-12(13)2/h7,10,14H,5-6,8-9,11H2,1-4H3. The molecule has 1 aromatic rings. The first-order valence-electron chi connectivity index (χ1n) is 6.80. The van der Waals surface area contributed by atoms with Gasteiger partial charge in [-0.15, -0.1) is 0 Å². The highest BCUT2D eigenvalue weighted by atomic mass is 32.2. The quantitative estimate of drug-likeness (QED) is 0.696. The highest BCUT2D eigenvalue weighted by Gasteiger charge is 2.24.